The molecular formula is C12H16N6O. The first kappa shape index (κ1) is 11.9. The van der Waals surface area contributed by atoms with E-state index in [1.165, 1.54) is 0 Å². The highest BCUT2D eigenvalue weighted by Gasteiger charge is 2.28. The smallest absolute Gasteiger partial charge is 0.293 e. The van der Waals surface area contributed by atoms with Gasteiger partial charge in [0.2, 0.25) is 5.82 Å². The van der Waals surface area contributed by atoms with Crippen molar-refractivity contribution < 1.29 is 4.79 Å². The highest BCUT2D eigenvalue weighted by atomic mass is 16.2. The van der Waals surface area contributed by atoms with Crippen molar-refractivity contribution in [3.05, 3.63) is 29.6 Å². The van der Waals surface area contributed by atoms with Crippen molar-refractivity contribution in [2.75, 3.05) is 7.05 Å². The van der Waals surface area contributed by atoms with Gasteiger partial charge in [-0.3, -0.25) is 14.6 Å². The second kappa shape index (κ2) is 4.49. The highest BCUT2D eigenvalue weighted by Crippen LogP contribution is 2.37. The Morgan fingerprint density at radius 1 is 1.58 bits per heavy atom. The van der Waals surface area contributed by atoms with E-state index in [-0.39, 0.29) is 11.7 Å². The summed E-state index contributed by atoms with van der Waals surface area (Å²) in [6.45, 7) is 0.500. The lowest BCUT2D eigenvalue weighted by molar-refractivity contribution is 0.0773. The summed E-state index contributed by atoms with van der Waals surface area (Å²) in [5.41, 5.74) is 0.983. The Morgan fingerprint density at radius 2 is 2.37 bits per heavy atom. The lowest BCUT2D eigenvalue weighted by Gasteiger charge is -2.13. The molecule has 7 heteroatoms. The van der Waals surface area contributed by atoms with Crippen LogP contribution in [0.4, 0.5) is 0 Å². The molecule has 1 saturated carbocycles. The zero-order valence-electron chi connectivity index (χ0n) is 11.0. The fraction of sp³-hybridized carbons (Fsp3) is 0.500. The zero-order chi connectivity index (χ0) is 13.4. The van der Waals surface area contributed by atoms with Gasteiger partial charge in [0.25, 0.3) is 5.91 Å². The number of amides is 1. The maximum atomic E-state index is 12.2. The Hall–Kier alpha value is -2.18. The topological polar surface area (TPSA) is 79.7 Å². The zero-order valence-corrected chi connectivity index (χ0v) is 11.0. The molecule has 1 aliphatic carbocycles. The van der Waals surface area contributed by atoms with Gasteiger partial charge in [0.1, 0.15) is 5.82 Å². The van der Waals surface area contributed by atoms with Gasteiger partial charge in [0.05, 0.1) is 6.20 Å². The predicted molar refractivity (Wildman–Crippen MR) is 67.4 cm³/mol. The average molecular weight is 260 g/mol. The molecule has 0 atom stereocenters. The van der Waals surface area contributed by atoms with Crippen LogP contribution in [0.3, 0.4) is 0 Å². The first-order valence-electron chi connectivity index (χ1n) is 6.29. The largest absolute Gasteiger partial charge is 0.334 e. The van der Waals surface area contributed by atoms with Gasteiger partial charge in [0, 0.05) is 38.3 Å². The van der Waals surface area contributed by atoms with Gasteiger partial charge in [-0.15, -0.1) is 5.10 Å². The minimum absolute atomic E-state index is 0.174. The Kier molecular flexibility index (Phi) is 2.81. The molecule has 0 saturated heterocycles. The van der Waals surface area contributed by atoms with Crippen molar-refractivity contribution in [3.63, 3.8) is 0 Å². The Bertz CT molecular complexity index is 597. The Balaban J connectivity index is 1.67. The standard InChI is InChI=1S/C12H16N6O/c1-17(6-8-5-13-18(2)7-8)12(19)11-14-10(15-16-11)9-3-4-9/h5,7,9H,3-4,6H2,1-2H3,(H,14,15,16). The van der Waals surface area contributed by atoms with Crippen LogP contribution in [-0.2, 0) is 13.6 Å². The molecule has 2 heterocycles. The molecule has 0 unspecified atom stereocenters. The van der Waals surface area contributed by atoms with Crippen molar-refractivity contribution in [2.24, 2.45) is 7.05 Å². The fourth-order valence-corrected chi connectivity index (χ4v) is 1.98. The van der Waals surface area contributed by atoms with Gasteiger partial charge in [-0.1, -0.05) is 0 Å². The molecule has 0 bridgehead atoms. The predicted octanol–water partition coefficient (Wildman–Crippen LogP) is 0.688. The monoisotopic (exact) mass is 260 g/mol. The highest BCUT2D eigenvalue weighted by molar-refractivity contribution is 5.90. The average Bonchev–Trinajstić information content (AvgIpc) is 2.98. The summed E-state index contributed by atoms with van der Waals surface area (Å²) in [5.74, 6) is 1.37. The van der Waals surface area contributed by atoms with E-state index in [1.807, 2.05) is 13.2 Å². The first-order chi connectivity index (χ1) is 9.13. The number of rotatable bonds is 4. The summed E-state index contributed by atoms with van der Waals surface area (Å²) >= 11 is 0. The second-order valence-corrected chi connectivity index (χ2v) is 5.00. The molecule has 19 heavy (non-hydrogen) atoms. The quantitative estimate of drug-likeness (QED) is 0.877. The molecule has 7 nitrogen and oxygen atoms in total. The van der Waals surface area contributed by atoms with E-state index < -0.39 is 0 Å². The first-order valence-corrected chi connectivity index (χ1v) is 6.29. The van der Waals surface area contributed by atoms with Crippen molar-refractivity contribution in [3.8, 4) is 0 Å². The minimum atomic E-state index is -0.174. The van der Waals surface area contributed by atoms with E-state index in [9.17, 15) is 4.79 Å². The molecule has 2 aromatic rings. The Morgan fingerprint density at radius 3 is 3.00 bits per heavy atom. The number of hydrogen-bond acceptors (Lipinski definition) is 4. The molecule has 3 rings (SSSR count). The summed E-state index contributed by atoms with van der Waals surface area (Å²) in [7, 11) is 3.59. The van der Waals surface area contributed by atoms with E-state index in [0.29, 0.717) is 12.5 Å². The molecule has 100 valence electrons. The summed E-state index contributed by atoms with van der Waals surface area (Å²) in [6, 6.07) is 0. The summed E-state index contributed by atoms with van der Waals surface area (Å²) in [6.07, 6.45) is 5.90. The van der Waals surface area contributed by atoms with Crippen LogP contribution >= 0.6 is 0 Å². The summed E-state index contributed by atoms with van der Waals surface area (Å²) in [4.78, 5) is 18.0. The normalized spacial score (nSPS) is 14.6. The van der Waals surface area contributed by atoms with E-state index in [2.05, 4.69) is 20.3 Å². The van der Waals surface area contributed by atoms with Crippen molar-refractivity contribution >= 4 is 5.91 Å². The van der Waals surface area contributed by atoms with Crippen molar-refractivity contribution in [1.82, 2.24) is 29.9 Å². The Labute approximate surface area is 110 Å². The molecule has 1 fully saturated rings. The van der Waals surface area contributed by atoms with Gasteiger partial charge in [0.15, 0.2) is 0 Å². The van der Waals surface area contributed by atoms with Crippen LogP contribution in [0.1, 0.15) is 40.8 Å². The number of carbonyl (C=O) groups is 1. The van der Waals surface area contributed by atoms with E-state index >= 15 is 0 Å². The molecular weight excluding hydrogens is 244 g/mol. The van der Waals surface area contributed by atoms with Crippen LogP contribution in [0.15, 0.2) is 12.4 Å². The maximum absolute atomic E-state index is 12.2. The van der Waals surface area contributed by atoms with Gasteiger partial charge in [-0.05, 0) is 12.8 Å². The van der Waals surface area contributed by atoms with Crippen LogP contribution in [0.2, 0.25) is 0 Å². The van der Waals surface area contributed by atoms with E-state index in [0.717, 1.165) is 24.2 Å². The molecule has 0 radical (unpaired) electrons. The molecule has 2 aromatic heterocycles. The maximum Gasteiger partial charge on any atom is 0.293 e. The number of hydrogen-bond donors (Lipinski definition) is 1. The fourth-order valence-electron chi connectivity index (χ4n) is 1.98. The second-order valence-electron chi connectivity index (χ2n) is 5.00. The van der Waals surface area contributed by atoms with Gasteiger partial charge < -0.3 is 4.90 Å². The van der Waals surface area contributed by atoms with Crippen LogP contribution in [0, 0.1) is 0 Å². The lowest BCUT2D eigenvalue weighted by Crippen LogP contribution is -2.27. The molecule has 1 aliphatic rings. The third kappa shape index (κ3) is 2.49. The van der Waals surface area contributed by atoms with Crippen molar-refractivity contribution in [1.29, 1.82) is 0 Å². The molecule has 0 aliphatic heterocycles. The number of carbonyl (C=O) groups excluding carboxylic acids is 1. The number of aromatic nitrogens is 5. The van der Waals surface area contributed by atoms with Crippen molar-refractivity contribution in [2.45, 2.75) is 25.3 Å². The number of H-pyrrole nitrogens is 1. The number of aryl methyl sites for hydroxylation is 1. The SMILES string of the molecule is CN(Cc1cnn(C)c1)C(=O)c1n[nH]c(C2CC2)n1. The third-order valence-electron chi connectivity index (χ3n) is 3.18. The van der Waals surface area contributed by atoms with Crippen LogP contribution < -0.4 is 0 Å². The molecule has 1 amide bonds. The van der Waals surface area contributed by atoms with Gasteiger partial charge in [-0.25, -0.2) is 4.98 Å². The van der Waals surface area contributed by atoms with Crippen LogP contribution in [-0.4, -0.2) is 42.8 Å². The molecule has 1 N–H and O–H groups in total. The third-order valence-corrected chi connectivity index (χ3v) is 3.18. The van der Waals surface area contributed by atoms with Crippen LogP contribution in [0.5, 0.6) is 0 Å². The van der Waals surface area contributed by atoms with E-state index in [1.54, 1.807) is 22.8 Å². The number of nitrogens with zero attached hydrogens (tertiary/aromatic N) is 5. The van der Waals surface area contributed by atoms with Crippen LogP contribution in [0.25, 0.3) is 0 Å². The molecule has 0 spiro atoms. The molecule has 0 aromatic carbocycles. The summed E-state index contributed by atoms with van der Waals surface area (Å²) < 4.78 is 1.71. The number of nitrogens with one attached hydrogen (secondary N) is 1. The van der Waals surface area contributed by atoms with Gasteiger partial charge >= 0.3 is 0 Å². The van der Waals surface area contributed by atoms with Gasteiger partial charge in [-0.2, -0.15) is 5.10 Å². The minimum Gasteiger partial charge on any atom is -0.334 e. The lowest BCUT2D eigenvalue weighted by atomic mass is 10.3. The number of aromatic amines is 1. The van der Waals surface area contributed by atoms with E-state index in [4.69, 9.17) is 0 Å². The summed E-state index contributed by atoms with van der Waals surface area (Å²) in [5, 5.41) is 10.9.